The fourth-order valence-corrected chi connectivity index (χ4v) is 3.73. The third-order valence-corrected chi connectivity index (χ3v) is 5.59. The Labute approximate surface area is 185 Å². The average Bonchev–Trinajstić information content (AvgIpc) is 3.58. The summed E-state index contributed by atoms with van der Waals surface area (Å²) in [6.45, 7) is 4.72. The minimum atomic E-state index is -0.465. The monoisotopic (exact) mass is 428 g/mol. The fraction of sp³-hybridized carbons (Fsp3) is 0.583. The van der Waals surface area contributed by atoms with Crippen molar-refractivity contribution in [3.63, 3.8) is 0 Å². The van der Waals surface area contributed by atoms with Crippen LogP contribution in [0.5, 0.6) is 5.75 Å². The Morgan fingerprint density at radius 3 is 2.74 bits per heavy atom. The minimum Gasteiger partial charge on any atom is -0.492 e. The molecule has 1 aliphatic heterocycles. The Hall–Kier alpha value is -2.54. The van der Waals surface area contributed by atoms with Gasteiger partial charge in [-0.15, -0.1) is 0 Å². The van der Waals surface area contributed by atoms with Gasteiger partial charge in [0.25, 0.3) is 0 Å². The lowest BCUT2D eigenvalue weighted by molar-refractivity contribution is -0.128. The molecule has 1 aromatic carbocycles. The molecule has 7 heteroatoms. The second kappa shape index (κ2) is 12.3. The van der Waals surface area contributed by atoms with Crippen molar-refractivity contribution in [3.05, 3.63) is 41.6 Å². The van der Waals surface area contributed by atoms with E-state index in [0.717, 1.165) is 49.1 Å². The number of benzene rings is 1. The summed E-state index contributed by atoms with van der Waals surface area (Å²) >= 11 is 0. The van der Waals surface area contributed by atoms with Crippen LogP contribution in [0.1, 0.15) is 44.6 Å². The van der Waals surface area contributed by atoms with Gasteiger partial charge < -0.3 is 26.0 Å². The Balaban J connectivity index is 1.66. The Morgan fingerprint density at radius 1 is 1.10 bits per heavy atom. The molecule has 31 heavy (non-hydrogen) atoms. The van der Waals surface area contributed by atoms with Crippen molar-refractivity contribution in [2.45, 2.75) is 51.5 Å². The number of ether oxygens (including phenoxy) is 1. The highest BCUT2D eigenvalue weighted by atomic mass is 16.5. The number of rotatable bonds is 3. The van der Waals surface area contributed by atoms with Crippen LogP contribution >= 0.6 is 0 Å². The molecule has 0 bridgehead atoms. The summed E-state index contributed by atoms with van der Waals surface area (Å²) in [6.07, 6.45) is 7.60. The molecule has 1 aliphatic carbocycles. The highest BCUT2D eigenvalue weighted by molar-refractivity contribution is 5.88. The van der Waals surface area contributed by atoms with Gasteiger partial charge in [-0.3, -0.25) is 9.59 Å². The van der Waals surface area contributed by atoms with Crippen LogP contribution in [0.4, 0.5) is 0 Å². The number of para-hydroxylation sites is 1. The normalized spacial score (nSPS) is 23.4. The first-order valence-electron chi connectivity index (χ1n) is 11.6. The van der Waals surface area contributed by atoms with E-state index in [1.807, 2.05) is 18.2 Å². The number of hydrogen-bond acceptors (Lipinski definition) is 5. The maximum absolute atomic E-state index is 12.7. The first kappa shape index (κ1) is 23.1. The molecule has 2 amide bonds. The molecule has 1 unspecified atom stereocenters. The SMILES string of the molecule is CC/C=C1\CNCCOc2ccccc2CCCNC(=O)C(CC2CC2)NC(=O)CN1. The summed E-state index contributed by atoms with van der Waals surface area (Å²) in [6, 6.07) is 7.60. The highest BCUT2D eigenvalue weighted by Crippen LogP contribution is 2.33. The molecular weight excluding hydrogens is 392 g/mol. The van der Waals surface area contributed by atoms with Gasteiger partial charge in [-0.2, -0.15) is 0 Å². The van der Waals surface area contributed by atoms with E-state index in [2.05, 4.69) is 40.3 Å². The minimum absolute atomic E-state index is 0.0862. The first-order chi connectivity index (χ1) is 15.2. The van der Waals surface area contributed by atoms with Crippen molar-refractivity contribution in [2.24, 2.45) is 5.92 Å². The summed E-state index contributed by atoms with van der Waals surface area (Å²) in [5, 5.41) is 12.5. The lowest BCUT2D eigenvalue weighted by Crippen LogP contribution is -2.49. The van der Waals surface area contributed by atoms with E-state index < -0.39 is 6.04 Å². The molecule has 1 saturated carbocycles. The standard InChI is InChI=1S/C24H36N4O3/c1-2-6-20-16-25-13-14-31-22-9-4-3-7-19(22)8-5-12-26-24(30)21(15-18-10-11-18)28-23(29)17-27-20/h3-4,6-7,9,18,21,25,27H,2,5,8,10-17H2,1H3,(H,26,30)(H,28,29)/b20-6+. The number of amides is 2. The predicted molar refractivity (Wildman–Crippen MR) is 122 cm³/mol. The van der Waals surface area contributed by atoms with Gasteiger partial charge in [-0.25, -0.2) is 0 Å². The number of carbonyl (C=O) groups is 2. The van der Waals surface area contributed by atoms with E-state index in [9.17, 15) is 9.59 Å². The zero-order chi connectivity index (χ0) is 21.9. The summed E-state index contributed by atoms with van der Waals surface area (Å²) in [4.78, 5) is 25.2. The number of hydrogen-bond donors (Lipinski definition) is 4. The third-order valence-electron chi connectivity index (χ3n) is 5.59. The predicted octanol–water partition coefficient (Wildman–Crippen LogP) is 1.89. The summed E-state index contributed by atoms with van der Waals surface area (Å²) in [5.74, 6) is 1.21. The van der Waals surface area contributed by atoms with Crippen molar-refractivity contribution in [1.82, 2.24) is 21.3 Å². The summed E-state index contributed by atoms with van der Waals surface area (Å²) in [7, 11) is 0. The molecule has 7 nitrogen and oxygen atoms in total. The quantitative estimate of drug-likeness (QED) is 0.590. The zero-order valence-electron chi connectivity index (χ0n) is 18.5. The maximum atomic E-state index is 12.7. The van der Waals surface area contributed by atoms with E-state index in [0.29, 0.717) is 38.6 Å². The van der Waals surface area contributed by atoms with Crippen molar-refractivity contribution >= 4 is 11.8 Å². The van der Waals surface area contributed by atoms with Gasteiger partial charge in [0.05, 0.1) is 6.54 Å². The van der Waals surface area contributed by atoms with Crippen molar-refractivity contribution in [1.29, 1.82) is 0 Å². The van der Waals surface area contributed by atoms with Gasteiger partial charge in [-0.1, -0.05) is 44.0 Å². The third kappa shape index (κ3) is 8.25. The van der Waals surface area contributed by atoms with Gasteiger partial charge in [0.2, 0.25) is 11.8 Å². The smallest absolute Gasteiger partial charge is 0.242 e. The second-order valence-corrected chi connectivity index (χ2v) is 8.32. The number of fused-ring (bicyclic) bond motifs is 1. The molecule has 0 saturated heterocycles. The van der Waals surface area contributed by atoms with Crippen molar-refractivity contribution < 1.29 is 14.3 Å². The molecule has 4 N–H and O–H groups in total. The number of aryl methyl sites for hydroxylation is 1. The molecule has 0 aromatic heterocycles. The van der Waals surface area contributed by atoms with Gasteiger partial charge in [0, 0.05) is 25.3 Å². The van der Waals surface area contributed by atoms with E-state index in [4.69, 9.17) is 4.74 Å². The molecule has 1 heterocycles. The van der Waals surface area contributed by atoms with Crippen LogP contribution in [0.3, 0.4) is 0 Å². The topological polar surface area (TPSA) is 91.5 Å². The van der Waals surface area contributed by atoms with E-state index in [-0.39, 0.29) is 18.4 Å². The maximum Gasteiger partial charge on any atom is 0.242 e. The number of carbonyl (C=O) groups excluding carboxylic acids is 2. The molecule has 1 aromatic rings. The molecule has 0 radical (unpaired) electrons. The van der Waals surface area contributed by atoms with Gasteiger partial charge in [-0.05, 0) is 43.2 Å². The van der Waals surface area contributed by atoms with E-state index in [1.165, 1.54) is 0 Å². The largest absolute Gasteiger partial charge is 0.492 e. The van der Waals surface area contributed by atoms with Gasteiger partial charge in [0.15, 0.2) is 0 Å². The first-order valence-corrected chi connectivity index (χ1v) is 11.6. The van der Waals surface area contributed by atoms with Crippen LogP contribution in [0.25, 0.3) is 0 Å². The number of nitrogens with one attached hydrogen (secondary N) is 4. The summed E-state index contributed by atoms with van der Waals surface area (Å²) < 4.78 is 5.98. The molecule has 3 rings (SSSR count). The highest BCUT2D eigenvalue weighted by Gasteiger charge is 2.30. The Morgan fingerprint density at radius 2 is 1.94 bits per heavy atom. The molecule has 2 aliphatic rings. The fourth-order valence-electron chi connectivity index (χ4n) is 3.73. The molecule has 170 valence electrons. The van der Waals surface area contributed by atoms with Crippen LogP contribution < -0.4 is 26.0 Å². The van der Waals surface area contributed by atoms with Crippen LogP contribution in [0.2, 0.25) is 0 Å². The van der Waals surface area contributed by atoms with Crippen LogP contribution in [-0.2, 0) is 16.0 Å². The Kier molecular flexibility index (Phi) is 9.21. The van der Waals surface area contributed by atoms with Crippen molar-refractivity contribution in [2.75, 3.05) is 32.8 Å². The van der Waals surface area contributed by atoms with Gasteiger partial charge in [0.1, 0.15) is 18.4 Å². The van der Waals surface area contributed by atoms with Crippen molar-refractivity contribution in [3.8, 4) is 5.75 Å². The van der Waals surface area contributed by atoms with E-state index >= 15 is 0 Å². The molecule has 1 fully saturated rings. The van der Waals surface area contributed by atoms with Crippen LogP contribution in [-0.4, -0.2) is 50.6 Å². The molecular formula is C24H36N4O3. The number of allylic oxidation sites excluding steroid dienone is 1. The second-order valence-electron chi connectivity index (χ2n) is 8.32. The van der Waals surface area contributed by atoms with E-state index in [1.54, 1.807) is 0 Å². The van der Waals surface area contributed by atoms with Crippen LogP contribution in [0, 0.1) is 5.92 Å². The molecule has 0 spiro atoms. The zero-order valence-corrected chi connectivity index (χ0v) is 18.5. The molecule has 1 atom stereocenters. The Bertz CT molecular complexity index is 761. The summed E-state index contributed by atoms with van der Waals surface area (Å²) in [5.41, 5.74) is 2.12. The van der Waals surface area contributed by atoms with Crippen LogP contribution in [0.15, 0.2) is 36.0 Å². The average molecular weight is 429 g/mol. The lowest BCUT2D eigenvalue weighted by atomic mass is 10.1. The lowest BCUT2D eigenvalue weighted by Gasteiger charge is -2.20. The van der Waals surface area contributed by atoms with Gasteiger partial charge >= 0.3 is 0 Å².